The summed E-state index contributed by atoms with van der Waals surface area (Å²) < 4.78 is 1.67. The maximum Gasteiger partial charge on any atom is 0.138 e. The number of nitrogens with one attached hydrogen (secondary N) is 1. The molecule has 0 spiro atoms. The van der Waals surface area contributed by atoms with Crippen LogP contribution in [0.2, 0.25) is 10.0 Å². The van der Waals surface area contributed by atoms with E-state index in [1.54, 1.807) is 29.9 Å². The van der Waals surface area contributed by atoms with E-state index in [2.05, 4.69) is 10.4 Å². The van der Waals surface area contributed by atoms with Crippen molar-refractivity contribution in [3.05, 3.63) is 39.5 Å². The first-order chi connectivity index (χ1) is 8.90. The summed E-state index contributed by atoms with van der Waals surface area (Å²) in [5.41, 5.74) is 7.87. The lowest BCUT2D eigenvalue weighted by Gasteiger charge is -2.11. The molecule has 1 aromatic heterocycles. The lowest BCUT2D eigenvalue weighted by Crippen LogP contribution is -2.13. The van der Waals surface area contributed by atoms with E-state index < -0.39 is 0 Å². The van der Waals surface area contributed by atoms with E-state index >= 15 is 0 Å². The lowest BCUT2D eigenvalue weighted by molar-refractivity contribution is 0.765. The third-order valence-corrected chi connectivity index (χ3v) is 3.42. The van der Waals surface area contributed by atoms with Crippen molar-refractivity contribution < 1.29 is 0 Å². The fourth-order valence-electron chi connectivity index (χ4n) is 1.82. The summed E-state index contributed by atoms with van der Waals surface area (Å²) >= 11 is 17.1. The van der Waals surface area contributed by atoms with Crippen LogP contribution in [0.15, 0.2) is 18.2 Å². The van der Waals surface area contributed by atoms with Crippen molar-refractivity contribution in [1.29, 1.82) is 0 Å². The zero-order chi connectivity index (χ0) is 14.2. The van der Waals surface area contributed by atoms with Crippen molar-refractivity contribution >= 4 is 51.9 Å². The number of hydrogen-bond acceptors (Lipinski definition) is 3. The van der Waals surface area contributed by atoms with Crippen molar-refractivity contribution in [1.82, 2.24) is 9.78 Å². The number of aryl methyl sites for hydroxylation is 2. The average Bonchev–Trinajstić information content (AvgIpc) is 2.59. The number of nitrogens with two attached hydrogens (primary N) is 1. The van der Waals surface area contributed by atoms with Gasteiger partial charge in [-0.15, -0.1) is 0 Å². The molecule has 4 nitrogen and oxygen atoms in total. The van der Waals surface area contributed by atoms with E-state index in [1.165, 1.54) is 0 Å². The number of anilines is 2. The molecule has 2 aromatic rings. The molecule has 0 aliphatic rings. The fourth-order valence-corrected chi connectivity index (χ4v) is 2.40. The zero-order valence-corrected chi connectivity index (χ0v) is 12.7. The number of halogens is 2. The van der Waals surface area contributed by atoms with E-state index in [0.29, 0.717) is 27.1 Å². The van der Waals surface area contributed by atoms with Gasteiger partial charge in [0.2, 0.25) is 0 Å². The normalized spacial score (nSPS) is 10.5. The van der Waals surface area contributed by atoms with Crippen molar-refractivity contribution in [3.8, 4) is 0 Å². The minimum Gasteiger partial charge on any atom is -0.389 e. The van der Waals surface area contributed by atoms with Gasteiger partial charge in [0.25, 0.3) is 0 Å². The number of thiocarbonyl (C=S) groups is 1. The van der Waals surface area contributed by atoms with Crippen LogP contribution in [-0.2, 0) is 7.05 Å². The molecule has 0 fully saturated rings. The van der Waals surface area contributed by atoms with Crippen LogP contribution in [0.25, 0.3) is 0 Å². The largest absolute Gasteiger partial charge is 0.389 e. The summed E-state index contributed by atoms with van der Waals surface area (Å²) in [5.74, 6) is 0.689. The van der Waals surface area contributed by atoms with Gasteiger partial charge in [0.15, 0.2) is 0 Å². The topological polar surface area (TPSA) is 55.9 Å². The second-order valence-electron chi connectivity index (χ2n) is 4.05. The second-order valence-corrected chi connectivity index (χ2v) is 5.33. The first-order valence-electron chi connectivity index (χ1n) is 5.45. The molecule has 100 valence electrons. The summed E-state index contributed by atoms with van der Waals surface area (Å²) in [4.78, 5) is 0.284. The van der Waals surface area contributed by atoms with E-state index in [0.717, 1.165) is 5.69 Å². The number of hydrogen-bond donors (Lipinski definition) is 2. The van der Waals surface area contributed by atoms with Gasteiger partial charge in [-0.25, -0.2) is 0 Å². The van der Waals surface area contributed by atoms with Crippen molar-refractivity contribution in [2.24, 2.45) is 12.8 Å². The highest BCUT2D eigenvalue weighted by Crippen LogP contribution is 2.30. The average molecular weight is 315 g/mol. The monoisotopic (exact) mass is 314 g/mol. The van der Waals surface area contributed by atoms with Gasteiger partial charge < -0.3 is 11.1 Å². The molecule has 0 radical (unpaired) electrons. The Morgan fingerprint density at radius 1 is 1.42 bits per heavy atom. The highest BCUT2D eigenvalue weighted by molar-refractivity contribution is 7.80. The molecule has 1 heterocycles. The van der Waals surface area contributed by atoms with E-state index in [-0.39, 0.29) is 4.99 Å². The Morgan fingerprint density at radius 2 is 2.11 bits per heavy atom. The Morgan fingerprint density at radius 3 is 2.74 bits per heavy atom. The maximum atomic E-state index is 6.12. The minimum atomic E-state index is 0.284. The van der Waals surface area contributed by atoms with E-state index in [4.69, 9.17) is 41.2 Å². The predicted octanol–water partition coefficient (Wildman–Crippen LogP) is 3.41. The molecule has 0 atom stereocenters. The molecular formula is C12H12Cl2N4S. The van der Waals surface area contributed by atoms with Gasteiger partial charge in [-0.1, -0.05) is 35.4 Å². The van der Waals surface area contributed by atoms with E-state index in [1.807, 2.05) is 6.92 Å². The summed E-state index contributed by atoms with van der Waals surface area (Å²) in [7, 11) is 1.80. The third kappa shape index (κ3) is 2.83. The summed E-state index contributed by atoms with van der Waals surface area (Å²) in [5, 5.41) is 8.60. The Hall–Kier alpha value is -1.30. The molecule has 0 saturated carbocycles. The second kappa shape index (κ2) is 5.36. The van der Waals surface area contributed by atoms with Crippen LogP contribution >= 0.6 is 35.4 Å². The Kier molecular flexibility index (Phi) is 3.99. The van der Waals surface area contributed by atoms with Crippen LogP contribution < -0.4 is 11.1 Å². The van der Waals surface area contributed by atoms with Crippen LogP contribution in [0.4, 0.5) is 11.5 Å². The van der Waals surface area contributed by atoms with Crippen molar-refractivity contribution in [2.45, 2.75) is 6.92 Å². The molecule has 19 heavy (non-hydrogen) atoms. The van der Waals surface area contributed by atoms with Gasteiger partial charge in [0.1, 0.15) is 10.8 Å². The fraction of sp³-hybridized carbons (Fsp3) is 0.167. The van der Waals surface area contributed by atoms with Gasteiger partial charge in [-0.05, 0) is 25.1 Å². The van der Waals surface area contributed by atoms with Gasteiger partial charge in [0.05, 0.1) is 22.0 Å². The highest BCUT2D eigenvalue weighted by atomic mass is 35.5. The SMILES string of the molecule is Cc1nn(C)c(Nc2cc(Cl)ccc2Cl)c1C(N)=S. The van der Waals surface area contributed by atoms with Crippen LogP contribution in [-0.4, -0.2) is 14.8 Å². The first kappa shape index (κ1) is 14.1. The molecule has 0 saturated heterocycles. The molecule has 7 heteroatoms. The summed E-state index contributed by atoms with van der Waals surface area (Å²) in [6.07, 6.45) is 0. The Bertz CT molecular complexity index is 651. The number of benzene rings is 1. The van der Waals surface area contributed by atoms with Gasteiger partial charge in [-0.3, -0.25) is 4.68 Å². The molecule has 1 aromatic carbocycles. The molecular weight excluding hydrogens is 303 g/mol. The zero-order valence-electron chi connectivity index (χ0n) is 10.4. The van der Waals surface area contributed by atoms with Crippen LogP contribution in [0.5, 0.6) is 0 Å². The Labute approximate surface area is 126 Å². The smallest absolute Gasteiger partial charge is 0.138 e. The van der Waals surface area contributed by atoms with Gasteiger partial charge >= 0.3 is 0 Å². The molecule has 0 unspecified atom stereocenters. The van der Waals surface area contributed by atoms with Crippen LogP contribution in [0.1, 0.15) is 11.3 Å². The minimum absolute atomic E-state index is 0.284. The molecule has 0 amide bonds. The summed E-state index contributed by atoms with van der Waals surface area (Å²) in [6.45, 7) is 1.85. The molecule has 0 aliphatic heterocycles. The number of nitrogens with zero attached hydrogens (tertiary/aromatic N) is 2. The number of aromatic nitrogens is 2. The highest BCUT2D eigenvalue weighted by Gasteiger charge is 2.16. The molecule has 0 bridgehead atoms. The Balaban J connectivity index is 2.49. The first-order valence-corrected chi connectivity index (χ1v) is 6.62. The molecule has 2 rings (SSSR count). The molecule has 0 aliphatic carbocycles. The van der Waals surface area contributed by atoms with E-state index in [9.17, 15) is 0 Å². The van der Waals surface area contributed by atoms with Crippen molar-refractivity contribution in [2.75, 3.05) is 5.32 Å². The predicted molar refractivity (Wildman–Crippen MR) is 83.6 cm³/mol. The van der Waals surface area contributed by atoms with Crippen LogP contribution in [0.3, 0.4) is 0 Å². The lowest BCUT2D eigenvalue weighted by atomic mass is 10.2. The molecule has 3 N–H and O–H groups in total. The van der Waals surface area contributed by atoms with Crippen molar-refractivity contribution in [3.63, 3.8) is 0 Å². The van der Waals surface area contributed by atoms with Gasteiger partial charge in [0, 0.05) is 12.1 Å². The standard InChI is InChI=1S/C12H12Cl2N4S/c1-6-10(11(15)19)12(18(2)17-6)16-9-5-7(13)3-4-8(9)14/h3-5,16H,1-2H3,(H2,15,19). The number of rotatable bonds is 3. The van der Waals surface area contributed by atoms with Gasteiger partial charge in [-0.2, -0.15) is 5.10 Å². The maximum absolute atomic E-state index is 6.12. The van der Waals surface area contributed by atoms with Crippen LogP contribution in [0, 0.1) is 6.92 Å². The quantitative estimate of drug-likeness (QED) is 0.852. The third-order valence-electron chi connectivity index (χ3n) is 2.65. The summed E-state index contributed by atoms with van der Waals surface area (Å²) in [6, 6.07) is 5.17.